The smallest absolute Gasteiger partial charge is 0.139 e. The van der Waals surface area contributed by atoms with Crippen LogP contribution in [0.5, 0.6) is 11.5 Å². The predicted molar refractivity (Wildman–Crippen MR) is 70.6 cm³/mol. The number of benzene rings is 2. The number of hydrogen-bond acceptors (Lipinski definition) is 4. The minimum Gasteiger partial charge on any atom is -0.506 e. The van der Waals surface area contributed by atoms with Crippen molar-refractivity contribution in [1.29, 1.82) is 0 Å². The van der Waals surface area contributed by atoms with Crippen molar-refractivity contribution in [3.05, 3.63) is 24.3 Å². The molecule has 0 aliphatic heterocycles. The third kappa shape index (κ3) is 2.03. The van der Waals surface area contributed by atoms with E-state index in [2.05, 4.69) is 0 Å². The molecule has 0 radical (unpaired) electrons. The van der Waals surface area contributed by atoms with E-state index in [9.17, 15) is 10.2 Å². The van der Waals surface area contributed by atoms with Gasteiger partial charge < -0.3 is 21.7 Å². The van der Waals surface area contributed by atoms with Crippen molar-refractivity contribution in [2.24, 2.45) is 0 Å². The average molecular weight is 263 g/mol. The SMILES string of the molecule is Cl.Cl.Nc1c(O)ccc2ccc(O)c(N)c12. The number of nitrogen functional groups attached to an aromatic ring is 2. The van der Waals surface area contributed by atoms with Crippen molar-refractivity contribution in [2.75, 3.05) is 11.5 Å². The van der Waals surface area contributed by atoms with Crippen LogP contribution in [-0.2, 0) is 0 Å². The van der Waals surface area contributed by atoms with Gasteiger partial charge in [0.1, 0.15) is 11.5 Å². The first-order chi connectivity index (χ1) is 6.61. The number of halogens is 2. The standard InChI is InChI=1S/C10H10N2O2.2ClH/c11-9-6(13)3-1-5-2-4-7(14)10(12)8(5)9;;/h1-4,13-14H,11-12H2;2*1H. The van der Waals surface area contributed by atoms with E-state index in [0.717, 1.165) is 5.39 Å². The minimum absolute atomic E-state index is 0. The lowest BCUT2D eigenvalue weighted by Crippen LogP contribution is -1.93. The van der Waals surface area contributed by atoms with E-state index in [0.29, 0.717) is 5.39 Å². The lowest BCUT2D eigenvalue weighted by atomic mass is 10.1. The Balaban J connectivity index is 0.00000112. The van der Waals surface area contributed by atoms with Gasteiger partial charge in [-0.2, -0.15) is 0 Å². The van der Waals surface area contributed by atoms with Crippen LogP contribution in [0.2, 0.25) is 0 Å². The van der Waals surface area contributed by atoms with Crippen molar-refractivity contribution in [3.63, 3.8) is 0 Å². The number of phenols is 2. The highest BCUT2D eigenvalue weighted by Crippen LogP contribution is 2.37. The molecule has 6 heteroatoms. The number of rotatable bonds is 0. The highest BCUT2D eigenvalue weighted by molar-refractivity contribution is 6.05. The molecular weight excluding hydrogens is 251 g/mol. The summed E-state index contributed by atoms with van der Waals surface area (Å²) in [7, 11) is 0. The molecule has 2 rings (SSSR count). The van der Waals surface area contributed by atoms with Crippen LogP contribution in [0.4, 0.5) is 11.4 Å². The van der Waals surface area contributed by atoms with Crippen LogP contribution in [0.25, 0.3) is 10.8 Å². The van der Waals surface area contributed by atoms with Gasteiger partial charge in [-0.1, -0.05) is 12.1 Å². The van der Waals surface area contributed by atoms with Crippen molar-refractivity contribution in [2.45, 2.75) is 0 Å². The summed E-state index contributed by atoms with van der Waals surface area (Å²) in [6, 6.07) is 6.37. The van der Waals surface area contributed by atoms with Gasteiger partial charge in [0.15, 0.2) is 0 Å². The average Bonchev–Trinajstić information content (AvgIpc) is 2.17. The monoisotopic (exact) mass is 262 g/mol. The molecule has 88 valence electrons. The van der Waals surface area contributed by atoms with Crippen LogP contribution in [0.1, 0.15) is 0 Å². The van der Waals surface area contributed by atoms with E-state index in [1.165, 1.54) is 12.1 Å². The fourth-order valence-electron chi connectivity index (χ4n) is 1.45. The maximum absolute atomic E-state index is 9.37. The highest BCUT2D eigenvalue weighted by atomic mass is 35.5. The topological polar surface area (TPSA) is 92.5 Å². The number of fused-ring (bicyclic) bond motifs is 1. The maximum atomic E-state index is 9.37. The molecule has 0 amide bonds. The van der Waals surface area contributed by atoms with E-state index in [-0.39, 0.29) is 47.7 Å². The summed E-state index contributed by atoms with van der Waals surface area (Å²) in [6.45, 7) is 0. The molecule has 0 aliphatic rings. The van der Waals surface area contributed by atoms with Crippen LogP contribution in [0.15, 0.2) is 24.3 Å². The number of anilines is 2. The highest BCUT2D eigenvalue weighted by Gasteiger charge is 2.08. The molecule has 0 atom stereocenters. The molecule has 0 saturated carbocycles. The normalized spacial score (nSPS) is 9.25. The third-order valence-electron chi connectivity index (χ3n) is 2.22. The quantitative estimate of drug-likeness (QED) is 0.433. The van der Waals surface area contributed by atoms with Crippen LogP contribution >= 0.6 is 24.8 Å². The molecule has 2 aromatic rings. The summed E-state index contributed by atoms with van der Waals surface area (Å²) in [5, 5.41) is 20.0. The second-order valence-electron chi connectivity index (χ2n) is 3.09. The van der Waals surface area contributed by atoms with E-state index in [4.69, 9.17) is 11.5 Å². The molecule has 0 heterocycles. The zero-order valence-corrected chi connectivity index (χ0v) is 9.81. The summed E-state index contributed by atoms with van der Waals surface area (Å²) in [5.74, 6) is -0.0652. The molecule has 0 aromatic heterocycles. The Labute approximate surface area is 105 Å². The van der Waals surface area contributed by atoms with Crippen molar-refractivity contribution < 1.29 is 10.2 Å². The number of aromatic hydroxyl groups is 2. The lowest BCUT2D eigenvalue weighted by Gasteiger charge is -2.08. The summed E-state index contributed by atoms with van der Waals surface area (Å²) >= 11 is 0. The van der Waals surface area contributed by atoms with Gasteiger partial charge >= 0.3 is 0 Å². The molecular formula is C10H12Cl2N2O2. The molecule has 0 bridgehead atoms. The molecule has 0 unspecified atom stereocenters. The predicted octanol–water partition coefficient (Wildman–Crippen LogP) is 2.26. The molecule has 16 heavy (non-hydrogen) atoms. The first-order valence-electron chi connectivity index (χ1n) is 4.10. The molecule has 0 aliphatic carbocycles. The maximum Gasteiger partial charge on any atom is 0.139 e. The molecule has 4 nitrogen and oxygen atoms in total. The lowest BCUT2D eigenvalue weighted by molar-refractivity contribution is 0.477. The Kier molecular flexibility index (Phi) is 4.53. The van der Waals surface area contributed by atoms with E-state index in [1.807, 2.05) is 0 Å². The molecule has 2 aromatic carbocycles. The zero-order valence-electron chi connectivity index (χ0n) is 8.18. The van der Waals surface area contributed by atoms with Gasteiger partial charge in [0.05, 0.1) is 11.4 Å². The largest absolute Gasteiger partial charge is 0.506 e. The fraction of sp³-hybridized carbons (Fsp3) is 0. The molecule has 6 N–H and O–H groups in total. The summed E-state index contributed by atoms with van der Waals surface area (Å²) < 4.78 is 0. The Morgan fingerprint density at radius 2 is 1.12 bits per heavy atom. The fourth-order valence-corrected chi connectivity index (χ4v) is 1.45. The van der Waals surface area contributed by atoms with Gasteiger partial charge in [0.2, 0.25) is 0 Å². The van der Waals surface area contributed by atoms with Gasteiger partial charge in [-0.3, -0.25) is 0 Å². The van der Waals surface area contributed by atoms with Crippen LogP contribution in [-0.4, -0.2) is 10.2 Å². The summed E-state index contributed by atoms with van der Waals surface area (Å²) in [5.41, 5.74) is 11.7. The molecule has 0 saturated heterocycles. The van der Waals surface area contributed by atoms with Gasteiger partial charge in [-0.25, -0.2) is 0 Å². The van der Waals surface area contributed by atoms with Crippen LogP contribution in [0, 0.1) is 0 Å². The van der Waals surface area contributed by atoms with Gasteiger partial charge in [-0.15, -0.1) is 24.8 Å². The second kappa shape index (κ2) is 5.01. The Morgan fingerprint density at radius 1 is 0.750 bits per heavy atom. The van der Waals surface area contributed by atoms with Crippen LogP contribution in [0.3, 0.4) is 0 Å². The van der Waals surface area contributed by atoms with E-state index in [1.54, 1.807) is 12.1 Å². The molecule has 0 fully saturated rings. The summed E-state index contributed by atoms with van der Waals surface area (Å²) in [4.78, 5) is 0. The zero-order chi connectivity index (χ0) is 10.3. The van der Waals surface area contributed by atoms with Crippen molar-refractivity contribution in [1.82, 2.24) is 0 Å². The molecule has 0 spiro atoms. The van der Waals surface area contributed by atoms with Crippen molar-refractivity contribution in [3.8, 4) is 11.5 Å². The van der Waals surface area contributed by atoms with Gasteiger partial charge in [-0.05, 0) is 17.5 Å². The Morgan fingerprint density at radius 3 is 1.50 bits per heavy atom. The van der Waals surface area contributed by atoms with Gasteiger partial charge in [0, 0.05) is 5.39 Å². The first-order valence-corrected chi connectivity index (χ1v) is 4.10. The number of phenolic OH excluding ortho intramolecular Hbond substituents is 2. The Bertz CT molecular complexity index is 475. The number of hydrogen-bond donors (Lipinski definition) is 4. The number of nitrogens with two attached hydrogens (primary N) is 2. The Hall–Kier alpha value is -1.52. The minimum atomic E-state index is -0.0326. The first kappa shape index (κ1) is 14.5. The van der Waals surface area contributed by atoms with Crippen molar-refractivity contribution >= 4 is 47.0 Å². The summed E-state index contributed by atoms with van der Waals surface area (Å²) in [6.07, 6.45) is 0. The van der Waals surface area contributed by atoms with E-state index < -0.39 is 0 Å². The van der Waals surface area contributed by atoms with Crippen LogP contribution < -0.4 is 11.5 Å². The second-order valence-corrected chi connectivity index (χ2v) is 3.09. The third-order valence-corrected chi connectivity index (χ3v) is 2.22. The van der Waals surface area contributed by atoms with E-state index >= 15 is 0 Å². The van der Waals surface area contributed by atoms with Gasteiger partial charge in [0.25, 0.3) is 0 Å².